The maximum atomic E-state index is 11.8. The standard InChI is InChI=1S/C17H19N3O2/c1-11(17(21)22-4)16-12(2)19-20(13(16)3)10-15-7-5-6-14(8-15)9-18/h5-8,11H,10H2,1-4H3/t11-/m1/s1. The van der Waals surface area contributed by atoms with Crippen molar-refractivity contribution in [3.63, 3.8) is 0 Å². The Morgan fingerprint density at radius 1 is 1.45 bits per heavy atom. The van der Waals surface area contributed by atoms with Gasteiger partial charge >= 0.3 is 5.97 Å². The van der Waals surface area contributed by atoms with E-state index in [4.69, 9.17) is 10.00 Å². The summed E-state index contributed by atoms with van der Waals surface area (Å²) in [6.45, 7) is 6.23. The molecule has 114 valence electrons. The van der Waals surface area contributed by atoms with Crippen molar-refractivity contribution in [2.45, 2.75) is 33.2 Å². The van der Waals surface area contributed by atoms with Crippen LogP contribution in [-0.2, 0) is 16.1 Å². The van der Waals surface area contributed by atoms with Gasteiger partial charge in [-0.3, -0.25) is 9.48 Å². The van der Waals surface area contributed by atoms with E-state index in [1.165, 1.54) is 7.11 Å². The number of carbonyl (C=O) groups excluding carboxylic acids is 1. The van der Waals surface area contributed by atoms with Gasteiger partial charge in [0.15, 0.2) is 0 Å². The Morgan fingerprint density at radius 3 is 2.82 bits per heavy atom. The van der Waals surface area contributed by atoms with Crippen LogP contribution >= 0.6 is 0 Å². The highest BCUT2D eigenvalue weighted by molar-refractivity contribution is 5.78. The van der Waals surface area contributed by atoms with Crippen molar-refractivity contribution in [1.82, 2.24) is 9.78 Å². The van der Waals surface area contributed by atoms with E-state index in [0.717, 1.165) is 22.5 Å². The molecule has 1 aromatic carbocycles. The number of hydrogen-bond acceptors (Lipinski definition) is 4. The molecule has 0 aliphatic heterocycles. The van der Waals surface area contributed by atoms with Crippen LogP contribution in [0, 0.1) is 25.2 Å². The molecule has 5 heteroatoms. The predicted octanol–water partition coefficient (Wildman–Crippen LogP) is 2.70. The molecule has 2 aromatic rings. The maximum absolute atomic E-state index is 11.8. The van der Waals surface area contributed by atoms with Gasteiger partial charge in [-0.25, -0.2) is 0 Å². The van der Waals surface area contributed by atoms with Crippen molar-refractivity contribution in [3.05, 3.63) is 52.3 Å². The smallest absolute Gasteiger partial charge is 0.312 e. The molecule has 1 heterocycles. The van der Waals surface area contributed by atoms with Crippen molar-refractivity contribution < 1.29 is 9.53 Å². The fourth-order valence-electron chi connectivity index (χ4n) is 2.70. The van der Waals surface area contributed by atoms with E-state index in [0.29, 0.717) is 12.1 Å². The Bertz CT molecular complexity index is 741. The van der Waals surface area contributed by atoms with Crippen LogP contribution in [0.1, 0.15) is 40.9 Å². The second-order valence-electron chi connectivity index (χ2n) is 5.30. The number of aromatic nitrogens is 2. The van der Waals surface area contributed by atoms with E-state index < -0.39 is 0 Å². The molecular formula is C17H19N3O2. The predicted molar refractivity (Wildman–Crippen MR) is 82.4 cm³/mol. The third-order valence-electron chi connectivity index (χ3n) is 3.81. The van der Waals surface area contributed by atoms with E-state index in [1.54, 1.807) is 6.07 Å². The summed E-state index contributed by atoms with van der Waals surface area (Å²) in [7, 11) is 1.39. The Balaban J connectivity index is 2.34. The van der Waals surface area contributed by atoms with E-state index in [-0.39, 0.29) is 11.9 Å². The van der Waals surface area contributed by atoms with Crippen molar-refractivity contribution >= 4 is 5.97 Å². The first kappa shape index (κ1) is 15.8. The number of hydrogen-bond donors (Lipinski definition) is 0. The van der Waals surface area contributed by atoms with Gasteiger partial charge in [0.1, 0.15) is 0 Å². The monoisotopic (exact) mass is 297 g/mol. The zero-order valence-electron chi connectivity index (χ0n) is 13.3. The van der Waals surface area contributed by atoms with Crippen molar-refractivity contribution in [3.8, 4) is 6.07 Å². The first-order valence-corrected chi connectivity index (χ1v) is 7.08. The van der Waals surface area contributed by atoms with Gasteiger partial charge in [0.25, 0.3) is 0 Å². The molecule has 0 saturated heterocycles. The molecule has 0 saturated carbocycles. The van der Waals surface area contributed by atoms with Crippen LogP contribution in [-0.4, -0.2) is 22.9 Å². The Hall–Kier alpha value is -2.61. The molecule has 0 N–H and O–H groups in total. The molecule has 0 bridgehead atoms. The van der Waals surface area contributed by atoms with Gasteiger partial charge < -0.3 is 4.74 Å². The summed E-state index contributed by atoms with van der Waals surface area (Å²) in [6, 6.07) is 9.57. The lowest BCUT2D eigenvalue weighted by molar-refractivity contribution is -0.142. The highest BCUT2D eigenvalue weighted by atomic mass is 16.5. The summed E-state index contributed by atoms with van der Waals surface area (Å²) in [5.41, 5.74) is 4.30. The van der Waals surface area contributed by atoms with Crippen molar-refractivity contribution in [1.29, 1.82) is 5.26 Å². The number of nitriles is 1. The largest absolute Gasteiger partial charge is 0.469 e. The summed E-state index contributed by atoms with van der Waals surface area (Å²) in [5.74, 6) is -0.610. The van der Waals surface area contributed by atoms with Gasteiger partial charge in [-0.2, -0.15) is 10.4 Å². The molecule has 0 amide bonds. The van der Waals surface area contributed by atoms with Crippen LogP contribution in [0.3, 0.4) is 0 Å². The van der Waals surface area contributed by atoms with Gasteiger partial charge in [-0.05, 0) is 38.5 Å². The summed E-state index contributed by atoms with van der Waals surface area (Å²) in [5, 5.41) is 13.5. The first-order valence-electron chi connectivity index (χ1n) is 7.08. The van der Waals surface area contributed by atoms with Crippen LogP contribution in [0.5, 0.6) is 0 Å². The number of rotatable bonds is 4. The molecule has 2 rings (SSSR count). The molecule has 1 aromatic heterocycles. The van der Waals surface area contributed by atoms with E-state index in [9.17, 15) is 4.79 Å². The number of methoxy groups -OCH3 is 1. The average molecular weight is 297 g/mol. The number of esters is 1. The van der Waals surface area contributed by atoms with Gasteiger partial charge in [-0.1, -0.05) is 12.1 Å². The van der Waals surface area contributed by atoms with Crippen molar-refractivity contribution in [2.24, 2.45) is 0 Å². The lowest BCUT2D eigenvalue weighted by atomic mass is 9.99. The summed E-state index contributed by atoms with van der Waals surface area (Å²) in [4.78, 5) is 11.8. The first-order chi connectivity index (χ1) is 10.5. The van der Waals surface area contributed by atoms with Gasteiger partial charge in [0.05, 0.1) is 36.9 Å². The number of aryl methyl sites for hydroxylation is 1. The fraction of sp³-hybridized carbons (Fsp3) is 0.353. The lowest BCUT2D eigenvalue weighted by Gasteiger charge is -2.10. The van der Waals surface area contributed by atoms with Crippen LogP contribution < -0.4 is 0 Å². The minimum absolute atomic E-state index is 0.266. The Labute approximate surface area is 130 Å². The summed E-state index contributed by atoms with van der Waals surface area (Å²) >= 11 is 0. The summed E-state index contributed by atoms with van der Waals surface area (Å²) < 4.78 is 6.68. The second-order valence-corrected chi connectivity index (χ2v) is 5.30. The van der Waals surface area contributed by atoms with Crippen LogP contribution in [0.15, 0.2) is 24.3 Å². The number of benzene rings is 1. The fourth-order valence-corrected chi connectivity index (χ4v) is 2.70. The lowest BCUT2D eigenvalue weighted by Crippen LogP contribution is -2.13. The highest BCUT2D eigenvalue weighted by Crippen LogP contribution is 2.25. The number of ether oxygens (including phenoxy) is 1. The Morgan fingerprint density at radius 2 is 2.18 bits per heavy atom. The number of carbonyl (C=O) groups is 1. The van der Waals surface area contributed by atoms with Crippen LogP contribution in [0.4, 0.5) is 0 Å². The Kier molecular flexibility index (Phi) is 4.62. The SMILES string of the molecule is COC(=O)[C@H](C)c1c(C)nn(Cc2cccc(C#N)c2)c1C. The quantitative estimate of drug-likeness (QED) is 0.814. The average Bonchev–Trinajstić information content (AvgIpc) is 2.80. The molecule has 0 aliphatic rings. The van der Waals surface area contributed by atoms with Crippen molar-refractivity contribution in [2.75, 3.05) is 7.11 Å². The molecule has 22 heavy (non-hydrogen) atoms. The minimum atomic E-state index is -0.343. The van der Waals surface area contributed by atoms with Crippen LogP contribution in [0.25, 0.3) is 0 Å². The molecule has 0 unspecified atom stereocenters. The maximum Gasteiger partial charge on any atom is 0.312 e. The van der Waals surface area contributed by atoms with E-state index >= 15 is 0 Å². The van der Waals surface area contributed by atoms with Crippen LogP contribution in [0.2, 0.25) is 0 Å². The van der Waals surface area contributed by atoms with E-state index in [2.05, 4.69) is 11.2 Å². The second kappa shape index (κ2) is 6.44. The molecule has 0 aliphatic carbocycles. The summed E-state index contributed by atoms with van der Waals surface area (Å²) in [6.07, 6.45) is 0. The normalized spacial score (nSPS) is 11.8. The zero-order chi connectivity index (χ0) is 16.3. The van der Waals surface area contributed by atoms with Gasteiger partial charge in [-0.15, -0.1) is 0 Å². The minimum Gasteiger partial charge on any atom is -0.469 e. The molecule has 0 spiro atoms. The third kappa shape index (κ3) is 3.01. The molecule has 1 atom stereocenters. The molecular weight excluding hydrogens is 278 g/mol. The zero-order valence-corrected chi connectivity index (χ0v) is 13.3. The van der Waals surface area contributed by atoms with Gasteiger partial charge in [0.2, 0.25) is 0 Å². The number of nitrogens with zero attached hydrogens (tertiary/aromatic N) is 3. The molecule has 0 fully saturated rings. The molecule has 0 radical (unpaired) electrons. The third-order valence-corrected chi connectivity index (χ3v) is 3.81. The van der Waals surface area contributed by atoms with E-state index in [1.807, 2.05) is 43.7 Å². The highest BCUT2D eigenvalue weighted by Gasteiger charge is 2.23. The molecule has 5 nitrogen and oxygen atoms in total. The van der Waals surface area contributed by atoms with Gasteiger partial charge in [0, 0.05) is 11.3 Å². The topological polar surface area (TPSA) is 67.9 Å².